The fourth-order valence-electron chi connectivity index (χ4n) is 1.05. The lowest BCUT2D eigenvalue weighted by Crippen LogP contribution is -2.14. The van der Waals surface area contributed by atoms with Gasteiger partial charge in [-0.2, -0.15) is 0 Å². The van der Waals surface area contributed by atoms with Gasteiger partial charge in [0.2, 0.25) is 0 Å². The van der Waals surface area contributed by atoms with Crippen LogP contribution in [0.2, 0.25) is 5.02 Å². The minimum Gasteiger partial charge on any atom is -0.119 e. The molecule has 0 unspecified atom stereocenters. The molecule has 0 saturated carbocycles. The molecule has 13 heavy (non-hydrogen) atoms. The van der Waals surface area contributed by atoms with Gasteiger partial charge in [-0.1, -0.05) is 33.5 Å². The Balaban J connectivity index is 3.30. The smallest absolute Gasteiger partial charge is 0.0519 e. The Hall–Kier alpha value is -0.450. The maximum atomic E-state index is 6.04. The van der Waals surface area contributed by atoms with E-state index in [0.717, 1.165) is 10.0 Å². The van der Waals surface area contributed by atoms with Crippen molar-refractivity contribution in [3.63, 3.8) is 0 Å². The molecular formula is C11H10BrCl. The Morgan fingerprint density at radius 1 is 1.46 bits per heavy atom. The normalized spacial score (nSPS) is 11.0. The van der Waals surface area contributed by atoms with Crippen molar-refractivity contribution >= 4 is 27.5 Å². The molecule has 0 aromatic heterocycles. The standard InChI is InChI=1S/C11H10BrCl/c1-4-11(2,3)9-7-8(12)5-6-10(9)13/h1,5-7H,2-3H3. The summed E-state index contributed by atoms with van der Waals surface area (Å²) in [7, 11) is 0. The Labute approximate surface area is 92.4 Å². The molecule has 0 atom stereocenters. The zero-order valence-electron chi connectivity index (χ0n) is 7.57. The van der Waals surface area contributed by atoms with Crippen LogP contribution in [0.4, 0.5) is 0 Å². The molecule has 1 aromatic rings. The van der Waals surface area contributed by atoms with Crippen molar-refractivity contribution in [3.8, 4) is 12.3 Å². The molecule has 0 fully saturated rings. The van der Waals surface area contributed by atoms with Crippen molar-refractivity contribution < 1.29 is 0 Å². The Morgan fingerprint density at radius 3 is 2.62 bits per heavy atom. The van der Waals surface area contributed by atoms with Gasteiger partial charge in [0.1, 0.15) is 0 Å². The summed E-state index contributed by atoms with van der Waals surface area (Å²) in [6, 6.07) is 5.71. The molecule has 0 aliphatic carbocycles. The van der Waals surface area contributed by atoms with Gasteiger partial charge in [0.05, 0.1) is 5.41 Å². The van der Waals surface area contributed by atoms with Crippen LogP contribution in [0, 0.1) is 12.3 Å². The van der Waals surface area contributed by atoms with Gasteiger partial charge in [0, 0.05) is 9.50 Å². The van der Waals surface area contributed by atoms with Gasteiger partial charge in [0.15, 0.2) is 0 Å². The molecule has 0 radical (unpaired) electrons. The number of halogens is 2. The third kappa shape index (κ3) is 2.27. The Morgan fingerprint density at radius 2 is 2.08 bits per heavy atom. The van der Waals surface area contributed by atoms with Crippen LogP contribution in [0.15, 0.2) is 22.7 Å². The van der Waals surface area contributed by atoms with Crippen molar-refractivity contribution in [1.29, 1.82) is 0 Å². The Kier molecular flexibility index (Phi) is 3.05. The average Bonchev–Trinajstić information content (AvgIpc) is 2.09. The summed E-state index contributed by atoms with van der Waals surface area (Å²) >= 11 is 9.43. The van der Waals surface area contributed by atoms with E-state index in [1.807, 2.05) is 32.0 Å². The van der Waals surface area contributed by atoms with Crippen LogP contribution in [-0.2, 0) is 5.41 Å². The molecule has 0 aliphatic heterocycles. The summed E-state index contributed by atoms with van der Waals surface area (Å²) in [6.45, 7) is 3.95. The van der Waals surface area contributed by atoms with E-state index in [0.29, 0.717) is 5.02 Å². The number of hydrogen-bond donors (Lipinski definition) is 0. The fourth-order valence-corrected chi connectivity index (χ4v) is 1.77. The highest BCUT2D eigenvalue weighted by molar-refractivity contribution is 9.10. The maximum absolute atomic E-state index is 6.04. The van der Waals surface area contributed by atoms with Crippen LogP contribution in [-0.4, -0.2) is 0 Å². The topological polar surface area (TPSA) is 0 Å². The first kappa shape index (κ1) is 10.6. The second-order valence-corrected chi connectivity index (χ2v) is 4.72. The second kappa shape index (κ2) is 3.74. The Bertz CT molecular complexity index is 361. The van der Waals surface area contributed by atoms with Crippen LogP contribution in [0.25, 0.3) is 0 Å². The summed E-state index contributed by atoms with van der Waals surface area (Å²) in [5.74, 6) is 2.72. The van der Waals surface area contributed by atoms with E-state index >= 15 is 0 Å². The van der Waals surface area contributed by atoms with Gasteiger partial charge in [0.25, 0.3) is 0 Å². The lowest BCUT2D eigenvalue weighted by molar-refractivity contribution is 0.699. The largest absolute Gasteiger partial charge is 0.119 e. The highest BCUT2D eigenvalue weighted by Crippen LogP contribution is 2.31. The predicted octanol–water partition coefficient (Wildman–Crippen LogP) is 4.01. The third-order valence-corrected chi connectivity index (χ3v) is 2.79. The predicted molar refractivity (Wildman–Crippen MR) is 61.0 cm³/mol. The second-order valence-electron chi connectivity index (χ2n) is 3.39. The van der Waals surface area contributed by atoms with Crippen LogP contribution >= 0.6 is 27.5 Å². The van der Waals surface area contributed by atoms with E-state index in [1.165, 1.54) is 0 Å². The first-order valence-electron chi connectivity index (χ1n) is 3.90. The van der Waals surface area contributed by atoms with Crippen LogP contribution in [0.1, 0.15) is 19.4 Å². The van der Waals surface area contributed by atoms with E-state index in [9.17, 15) is 0 Å². The van der Waals surface area contributed by atoms with Gasteiger partial charge in [-0.25, -0.2) is 0 Å². The van der Waals surface area contributed by atoms with E-state index < -0.39 is 0 Å². The minimum atomic E-state index is -0.319. The van der Waals surface area contributed by atoms with Gasteiger partial charge in [-0.05, 0) is 37.6 Å². The molecule has 68 valence electrons. The van der Waals surface area contributed by atoms with Gasteiger partial charge in [-0.3, -0.25) is 0 Å². The van der Waals surface area contributed by atoms with Crippen LogP contribution in [0.5, 0.6) is 0 Å². The number of hydrogen-bond acceptors (Lipinski definition) is 0. The van der Waals surface area contributed by atoms with E-state index in [1.54, 1.807) is 0 Å². The molecule has 0 amide bonds. The molecule has 0 bridgehead atoms. The SMILES string of the molecule is C#CC(C)(C)c1cc(Br)ccc1Cl. The van der Waals surface area contributed by atoms with E-state index in [4.69, 9.17) is 18.0 Å². The highest BCUT2D eigenvalue weighted by Gasteiger charge is 2.20. The summed E-state index contributed by atoms with van der Waals surface area (Å²) in [5.41, 5.74) is 0.659. The quantitative estimate of drug-likeness (QED) is 0.667. The van der Waals surface area contributed by atoms with E-state index in [-0.39, 0.29) is 5.41 Å². The number of terminal acetylenes is 1. The maximum Gasteiger partial charge on any atom is 0.0519 e. The first-order valence-corrected chi connectivity index (χ1v) is 5.08. The van der Waals surface area contributed by atoms with E-state index in [2.05, 4.69) is 21.9 Å². The molecule has 0 N–H and O–H groups in total. The molecule has 1 aromatic carbocycles. The zero-order chi connectivity index (χ0) is 10.1. The summed E-state index contributed by atoms with van der Waals surface area (Å²) in [5, 5.41) is 0.714. The summed E-state index contributed by atoms with van der Waals surface area (Å²) < 4.78 is 0.996. The molecular weight excluding hydrogens is 247 g/mol. The van der Waals surface area contributed by atoms with Crippen molar-refractivity contribution in [2.45, 2.75) is 19.3 Å². The number of benzene rings is 1. The molecule has 1 rings (SSSR count). The average molecular weight is 258 g/mol. The molecule has 2 heteroatoms. The minimum absolute atomic E-state index is 0.319. The molecule has 0 spiro atoms. The van der Waals surface area contributed by atoms with Crippen molar-refractivity contribution in [2.24, 2.45) is 0 Å². The summed E-state index contributed by atoms with van der Waals surface area (Å²) in [4.78, 5) is 0. The first-order chi connectivity index (χ1) is 5.97. The molecule has 0 aliphatic rings. The molecule has 0 nitrogen and oxygen atoms in total. The zero-order valence-corrected chi connectivity index (χ0v) is 9.91. The van der Waals surface area contributed by atoms with Crippen molar-refractivity contribution in [2.75, 3.05) is 0 Å². The van der Waals surface area contributed by atoms with Crippen LogP contribution in [0.3, 0.4) is 0 Å². The van der Waals surface area contributed by atoms with Crippen LogP contribution < -0.4 is 0 Å². The van der Waals surface area contributed by atoms with Gasteiger partial charge >= 0.3 is 0 Å². The lowest BCUT2D eigenvalue weighted by atomic mass is 9.86. The fraction of sp³-hybridized carbons (Fsp3) is 0.273. The molecule has 0 heterocycles. The third-order valence-electron chi connectivity index (χ3n) is 1.96. The highest BCUT2D eigenvalue weighted by atomic mass is 79.9. The molecule has 0 saturated heterocycles. The van der Waals surface area contributed by atoms with Crippen molar-refractivity contribution in [3.05, 3.63) is 33.3 Å². The summed E-state index contributed by atoms with van der Waals surface area (Å²) in [6.07, 6.45) is 5.43. The van der Waals surface area contributed by atoms with Gasteiger partial charge in [-0.15, -0.1) is 6.42 Å². The lowest BCUT2D eigenvalue weighted by Gasteiger charge is -2.19. The monoisotopic (exact) mass is 256 g/mol. The van der Waals surface area contributed by atoms with Gasteiger partial charge < -0.3 is 0 Å². The number of rotatable bonds is 1. The van der Waals surface area contributed by atoms with Crippen molar-refractivity contribution in [1.82, 2.24) is 0 Å².